The third-order valence-corrected chi connectivity index (χ3v) is 6.96. The third kappa shape index (κ3) is 4.12. The van der Waals surface area contributed by atoms with Gasteiger partial charge in [-0.1, -0.05) is 19.4 Å². The fraction of sp³-hybridized carbons (Fsp3) is 0.458. The molecule has 4 rings (SSSR count). The minimum Gasteiger partial charge on any atom is -0.503 e. The number of nitrogens with one attached hydrogen (secondary N) is 1. The number of carbonyl (C=O) groups excluding carboxylic acids is 2. The maximum absolute atomic E-state index is 14.1. The number of benzene rings is 1. The van der Waals surface area contributed by atoms with E-state index in [-0.39, 0.29) is 22.9 Å². The highest BCUT2D eigenvalue weighted by Crippen LogP contribution is 2.37. The molecule has 1 aliphatic carbocycles. The molecular formula is C24H27F2N3O4. The second-order valence-electron chi connectivity index (χ2n) is 9.24. The van der Waals surface area contributed by atoms with Gasteiger partial charge in [-0.25, -0.2) is 8.78 Å². The van der Waals surface area contributed by atoms with Gasteiger partial charge in [-0.2, -0.15) is 0 Å². The molecule has 4 atom stereocenters. The summed E-state index contributed by atoms with van der Waals surface area (Å²) in [5, 5.41) is 13.0. The summed E-state index contributed by atoms with van der Waals surface area (Å²) in [4.78, 5) is 40.2. The van der Waals surface area contributed by atoms with Gasteiger partial charge in [0.1, 0.15) is 17.2 Å². The average molecular weight is 459 g/mol. The van der Waals surface area contributed by atoms with Crippen molar-refractivity contribution in [2.24, 2.45) is 11.8 Å². The van der Waals surface area contributed by atoms with E-state index in [0.29, 0.717) is 24.4 Å². The number of amides is 2. The quantitative estimate of drug-likeness (QED) is 0.735. The van der Waals surface area contributed by atoms with Crippen LogP contribution in [-0.4, -0.2) is 39.5 Å². The number of nitrogens with zero attached hydrogens (tertiary/aromatic N) is 2. The molecule has 0 unspecified atom stereocenters. The van der Waals surface area contributed by atoms with E-state index in [9.17, 15) is 28.3 Å². The van der Waals surface area contributed by atoms with Crippen molar-refractivity contribution in [3.05, 3.63) is 63.1 Å². The lowest BCUT2D eigenvalue weighted by Gasteiger charge is -2.38. The van der Waals surface area contributed by atoms with Gasteiger partial charge in [-0.3, -0.25) is 14.4 Å². The van der Waals surface area contributed by atoms with Crippen LogP contribution >= 0.6 is 0 Å². The van der Waals surface area contributed by atoms with Gasteiger partial charge >= 0.3 is 0 Å². The molecule has 1 aliphatic heterocycles. The molecule has 2 N–H and O–H groups in total. The normalized spacial score (nSPS) is 23.4. The molecule has 2 aliphatic rings. The lowest BCUT2D eigenvalue weighted by atomic mass is 9.93. The number of hydrogen-bond donors (Lipinski definition) is 2. The highest BCUT2D eigenvalue weighted by Gasteiger charge is 2.39. The summed E-state index contributed by atoms with van der Waals surface area (Å²) >= 11 is 0. The van der Waals surface area contributed by atoms with E-state index in [4.69, 9.17) is 0 Å². The van der Waals surface area contributed by atoms with Crippen LogP contribution in [0.2, 0.25) is 0 Å². The molecule has 2 heterocycles. The Bertz CT molecular complexity index is 1180. The maximum Gasteiger partial charge on any atom is 0.274 e. The highest BCUT2D eigenvalue weighted by molar-refractivity contribution is 5.99. The molecule has 2 aromatic rings. The Hall–Kier alpha value is -3.23. The first-order valence-corrected chi connectivity index (χ1v) is 11.1. The lowest BCUT2D eigenvalue weighted by Crippen LogP contribution is -2.50. The fourth-order valence-corrected chi connectivity index (χ4v) is 5.09. The van der Waals surface area contributed by atoms with E-state index < -0.39 is 40.7 Å². The fourth-order valence-electron chi connectivity index (χ4n) is 5.09. The Labute approximate surface area is 190 Å². The van der Waals surface area contributed by atoms with E-state index in [1.165, 1.54) is 23.8 Å². The standard InChI is InChI=1S/C24H27F2N3O4/c1-12-4-5-14(8-12)19-11-29-10-17(21(30)22(31)20(29)24(33)28(19)3)23(32)27-13(2)16-7-6-15(25)9-18(16)26/h6-7,9-10,12-14,19,31H,4-5,8,11H2,1-3H3,(H,27,32)/t12-,13+,14+,19-/m0/s1. The van der Waals surface area contributed by atoms with E-state index in [1.807, 2.05) is 0 Å². The molecule has 0 spiro atoms. The molecule has 33 heavy (non-hydrogen) atoms. The lowest BCUT2D eigenvalue weighted by molar-refractivity contribution is 0.0563. The molecule has 7 nitrogen and oxygen atoms in total. The molecule has 9 heteroatoms. The SMILES string of the molecule is C[C@H]1CC[C@@H]([C@@H]2Cn3cc(C(=O)N[C@H](C)c4ccc(F)cc4F)c(=O)c(O)c3C(=O)N2C)C1. The second-order valence-corrected chi connectivity index (χ2v) is 9.24. The summed E-state index contributed by atoms with van der Waals surface area (Å²) in [7, 11) is 1.67. The molecule has 0 bridgehead atoms. The zero-order valence-corrected chi connectivity index (χ0v) is 18.8. The summed E-state index contributed by atoms with van der Waals surface area (Å²) in [6.07, 6.45) is 4.34. The summed E-state index contributed by atoms with van der Waals surface area (Å²) < 4.78 is 28.7. The smallest absolute Gasteiger partial charge is 0.274 e. The van der Waals surface area contributed by atoms with Gasteiger partial charge in [-0.05, 0) is 37.7 Å². The number of aromatic hydroxyl groups is 1. The monoisotopic (exact) mass is 459 g/mol. The topological polar surface area (TPSA) is 91.6 Å². The van der Waals surface area contributed by atoms with Gasteiger partial charge in [0, 0.05) is 31.4 Å². The summed E-state index contributed by atoms with van der Waals surface area (Å²) in [6.45, 7) is 4.03. The van der Waals surface area contributed by atoms with Crippen LogP contribution in [-0.2, 0) is 6.54 Å². The molecule has 0 radical (unpaired) electrons. The van der Waals surface area contributed by atoms with Gasteiger partial charge in [0.05, 0.1) is 12.1 Å². The van der Waals surface area contributed by atoms with Gasteiger partial charge in [0.15, 0.2) is 11.4 Å². The summed E-state index contributed by atoms with van der Waals surface area (Å²) in [5.74, 6) is -2.77. The van der Waals surface area contributed by atoms with E-state index in [1.54, 1.807) is 11.9 Å². The van der Waals surface area contributed by atoms with Crippen molar-refractivity contribution in [2.75, 3.05) is 7.05 Å². The first kappa shape index (κ1) is 22.9. The summed E-state index contributed by atoms with van der Waals surface area (Å²) in [5.41, 5.74) is -1.40. The first-order valence-electron chi connectivity index (χ1n) is 11.1. The Morgan fingerprint density at radius 1 is 1.24 bits per heavy atom. The van der Waals surface area contributed by atoms with Crippen LogP contribution in [0.15, 0.2) is 29.2 Å². The van der Waals surface area contributed by atoms with Gasteiger partial charge in [0.2, 0.25) is 5.43 Å². The van der Waals surface area contributed by atoms with Crippen LogP contribution in [0.5, 0.6) is 5.75 Å². The number of rotatable bonds is 4. The van der Waals surface area contributed by atoms with Crippen LogP contribution in [0.4, 0.5) is 8.78 Å². The first-order chi connectivity index (χ1) is 15.6. The Morgan fingerprint density at radius 2 is 1.97 bits per heavy atom. The Balaban J connectivity index is 1.64. The molecule has 1 saturated carbocycles. The van der Waals surface area contributed by atoms with Crippen LogP contribution in [0.3, 0.4) is 0 Å². The van der Waals surface area contributed by atoms with Crippen LogP contribution in [0, 0.1) is 23.5 Å². The summed E-state index contributed by atoms with van der Waals surface area (Å²) in [6, 6.07) is 2.03. The predicted octanol–water partition coefficient (Wildman–Crippen LogP) is 3.21. The number of hydrogen-bond acceptors (Lipinski definition) is 4. The van der Waals surface area contributed by atoms with Crippen molar-refractivity contribution < 1.29 is 23.5 Å². The number of carbonyl (C=O) groups is 2. The van der Waals surface area contributed by atoms with E-state index in [2.05, 4.69) is 12.2 Å². The maximum atomic E-state index is 14.1. The highest BCUT2D eigenvalue weighted by atomic mass is 19.1. The van der Waals surface area contributed by atoms with E-state index >= 15 is 0 Å². The Kier molecular flexibility index (Phi) is 5.99. The largest absolute Gasteiger partial charge is 0.503 e. The number of halogens is 2. The molecule has 176 valence electrons. The van der Waals surface area contributed by atoms with Gasteiger partial charge in [-0.15, -0.1) is 0 Å². The van der Waals surface area contributed by atoms with Gasteiger partial charge < -0.3 is 19.9 Å². The number of fused-ring (bicyclic) bond motifs is 1. The van der Waals surface area contributed by atoms with Crippen molar-refractivity contribution >= 4 is 11.8 Å². The Morgan fingerprint density at radius 3 is 2.61 bits per heavy atom. The van der Waals surface area contributed by atoms with Crippen molar-refractivity contribution in [3.63, 3.8) is 0 Å². The molecule has 0 saturated heterocycles. The number of aromatic nitrogens is 1. The number of pyridine rings is 1. The van der Waals surface area contributed by atoms with Crippen LogP contribution in [0.1, 0.15) is 65.6 Å². The molecular weight excluding hydrogens is 432 g/mol. The molecule has 1 aromatic carbocycles. The van der Waals surface area contributed by atoms with Crippen molar-refractivity contribution in [3.8, 4) is 5.75 Å². The van der Waals surface area contributed by atoms with Crippen molar-refractivity contribution in [1.29, 1.82) is 0 Å². The van der Waals surface area contributed by atoms with Crippen molar-refractivity contribution in [2.45, 2.75) is 51.7 Å². The second kappa shape index (κ2) is 8.61. The molecule has 1 fully saturated rings. The third-order valence-electron chi connectivity index (χ3n) is 6.96. The zero-order chi connectivity index (χ0) is 24.0. The van der Waals surface area contributed by atoms with Crippen LogP contribution < -0.4 is 10.7 Å². The molecule has 1 aromatic heterocycles. The predicted molar refractivity (Wildman–Crippen MR) is 117 cm³/mol. The van der Waals surface area contributed by atoms with Crippen molar-refractivity contribution in [1.82, 2.24) is 14.8 Å². The van der Waals surface area contributed by atoms with Gasteiger partial charge in [0.25, 0.3) is 11.8 Å². The molecule has 2 amide bonds. The van der Waals surface area contributed by atoms with Crippen LogP contribution in [0.25, 0.3) is 0 Å². The van der Waals surface area contributed by atoms with E-state index in [0.717, 1.165) is 25.3 Å². The minimum atomic E-state index is -0.972. The average Bonchev–Trinajstić information content (AvgIpc) is 3.18. The number of likely N-dealkylation sites (N-methyl/N-ethyl adjacent to an activating group) is 1. The zero-order valence-electron chi connectivity index (χ0n) is 18.8. The minimum absolute atomic E-state index is 0.0549.